The van der Waals surface area contributed by atoms with Gasteiger partial charge >= 0.3 is 0 Å². The van der Waals surface area contributed by atoms with E-state index in [-0.39, 0.29) is 0 Å². The van der Waals surface area contributed by atoms with Crippen LogP contribution in [0.25, 0.3) is 0 Å². The van der Waals surface area contributed by atoms with Crippen molar-refractivity contribution in [2.75, 3.05) is 37.9 Å². The van der Waals surface area contributed by atoms with Crippen LogP contribution >= 0.6 is 0 Å². The maximum atomic E-state index is 5.52. The second-order valence-electron chi connectivity index (χ2n) is 6.75. The van der Waals surface area contributed by atoms with Gasteiger partial charge in [0.2, 0.25) is 6.79 Å². The van der Waals surface area contributed by atoms with E-state index in [0.29, 0.717) is 12.8 Å². The number of nitrogens with zero attached hydrogens (tertiary/aromatic N) is 3. The van der Waals surface area contributed by atoms with Gasteiger partial charge in [-0.1, -0.05) is 6.07 Å². The Hall–Kier alpha value is -2.27. The van der Waals surface area contributed by atoms with E-state index in [0.717, 1.165) is 56.3 Å². The third-order valence-electron chi connectivity index (χ3n) is 5.41. The van der Waals surface area contributed by atoms with Gasteiger partial charge in [0.15, 0.2) is 11.5 Å². The lowest BCUT2D eigenvalue weighted by Gasteiger charge is -2.38. The third kappa shape index (κ3) is 2.40. The molecule has 0 unspecified atom stereocenters. The van der Waals surface area contributed by atoms with Crippen LogP contribution in [-0.2, 0) is 12.8 Å². The molecule has 0 bridgehead atoms. The molecular formula is C19H21N3O2. The van der Waals surface area contributed by atoms with Crippen LogP contribution in [-0.4, -0.2) is 48.9 Å². The molecule has 1 saturated heterocycles. The van der Waals surface area contributed by atoms with Gasteiger partial charge in [-0.15, -0.1) is 0 Å². The van der Waals surface area contributed by atoms with E-state index in [1.54, 1.807) is 0 Å². The monoisotopic (exact) mass is 323 g/mol. The second-order valence-corrected chi connectivity index (χ2v) is 6.75. The molecule has 2 aromatic rings. The molecule has 0 atom stereocenters. The predicted molar refractivity (Wildman–Crippen MR) is 91.8 cm³/mol. The van der Waals surface area contributed by atoms with Crippen LogP contribution in [0.15, 0.2) is 36.5 Å². The van der Waals surface area contributed by atoms with Gasteiger partial charge in [-0.05, 0) is 48.2 Å². The first-order valence-corrected chi connectivity index (χ1v) is 8.68. The van der Waals surface area contributed by atoms with Gasteiger partial charge < -0.3 is 14.4 Å². The standard InChI is InChI=1S/C19H21N3O2/c1-2-4-20-19(3-1)22-7-5-21(6-8-22)16-9-14-11-17-18(24-13-23-17)12-15(14)10-16/h1-4,11-12,16H,5-10,13H2. The Bertz CT molecular complexity index is 709. The lowest BCUT2D eigenvalue weighted by molar-refractivity contribution is 0.173. The second kappa shape index (κ2) is 5.67. The molecule has 0 amide bonds. The van der Waals surface area contributed by atoms with Gasteiger partial charge in [-0.3, -0.25) is 4.90 Å². The molecule has 1 aromatic carbocycles. The van der Waals surface area contributed by atoms with Gasteiger partial charge in [-0.2, -0.15) is 0 Å². The average Bonchev–Trinajstić information content (AvgIpc) is 3.26. The minimum absolute atomic E-state index is 0.358. The molecule has 0 spiro atoms. The molecule has 3 heterocycles. The van der Waals surface area contributed by atoms with E-state index < -0.39 is 0 Å². The van der Waals surface area contributed by atoms with Crippen molar-refractivity contribution in [1.29, 1.82) is 0 Å². The summed E-state index contributed by atoms with van der Waals surface area (Å²) >= 11 is 0. The number of aromatic nitrogens is 1. The molecule has 5 rings (SSSR count). The largest absolute Gasteiger partial charge is 0.454 e. The number of benzene rings is 1. The molecule has 5 nitrogen and oxygen atoms in total. The summed E-state index contributed by atoms with van der Waals surface area (Å²) in [6, 6.07) is 11.1. The van der Waals surface area contributed by atoms with E-state index >= 15 is 0 Å². The van der Waals surface area contributed by atoms with Crippen molar-refractivity contribution < 1.29 is 9.47 Å². The minimum Gasteiger partial charge on any atom is -0.454 e. The Morgan fingerprint density at radius 1 is 0.917 bits per heavy atom. The highest BCUT2D eigenvalue weighted by atomic mass is 16.7. The maximum Gasteiger partial charge on any atom is 0.231 e. The molecular weight excluding hydrogens is 302 g/mol. The fourth-order valence-electron chi connectivity index (χ4n) is 4.10. The Morgan fingerprint density at radius 3 is 2.25 bits per heavy atom. The Balaban J connectivity index is 1.25. The first-order chi connectivity index (χ1) is 11.9. The van der Waals surface area contributed by atoms with Crippen LogP contribution in [0.3, 0.4) is 0 Å². The lowest BCUT2D eigenvalue weighted by atomic mass is 10.1. The van der Waals surface area contributed by atoms with E-state index in [1.165, 1.54) is 11.1 Å². The smallest absolute Gasteiger partial charge is 0.231 e. The summed E-state index contributed by atoms with van der Waals surface area (Å²) < 4.78 is 11.0. The molecule has 1 aromatic heterocycles. The van der Waals surface area contributed by atoms with Crippen molar-refractivity contribution in [3.05, 3.63) is 47.7 Å². The van der Waals surface area contributed by atoms with Crippen molar-refractivity contribution in [3.8, 4) is 11.5 Å². The highest BCUT2D eigenvalue weighted by Gasteiger charge is 2.31. The van der Waals surface area contributed by atoms with Crippen molar-refractivity contribution >= 4 is 5.82 Å². The molecule has 5 heteroatoms. The fourth-order valence-corrected chi connectivity index (χ4v) is 4.10. The molecule has 1 fully saturated rings. The van der Waals surface area contributed by atoms with Gasteiger partial charge in [0.05, 0.1) is 0 Å². The number of hydrogen-bond donors (Lipinski definition) is 0. The summed E-state index contributed by atoms with van der Waals surface area (Å²) in [6.07, 6.45) is 4.11. The molecule has 0 N–H and O–H groups in total. The molecule has 0 saturated carbocycles. The van der Waals surface area contributed by atoms with Crippen molar-refractivity contribution in [3.63, 3.8) is 0 Å². The molecule has 2 aliphatic heterocycles. The molecule has 3 aliphatic rings. The third-order valence-corrected chi connectivity index (χ3v) is 5.41. The van der Waals surface area contributed by atoms with Crippen molar-refractivity contribution in [2.45, 2.75) is 18.9 Å². The van der Waals surface area contributed by atoms with Gasteiger partial charge in [0, 0.05) is 38.4 Å². The number of ether oxygens (including phenoxy) is 2. The zero-order chi connectivity index (χ0) is 15.9. The van der Waals surface area contributed by atoms with E-state index in [9.17, 15) is 0 Å². The molecule has 24 heavy (non-hydrogen) atoms. The van der Waals surface area contributed by atoms with Crippen LogP contribution in [0.2, 0.25) is 0 Å². The number of anilines is 1. The number of hydrogen-bond acceptors (Lipinski definition) is 5. The van der Waals surface area contributed by atoms with Crippen LogP contribution in [0.1, 0.15) is 11.1 Å². The number of fused-ring (bicyclic) bond motifs is 2. The zero-order valence-corrected chi connectivity index (χ0v) is 13.6. The van der Waals surface area contributed by atoms with Crippen LogP contribution in [0.4, 0.5) is 5.82 Å². The van der Waals surface area contributed by atoms with Crippen LogP contribution in [0.5, 0.6) is 11.5 Å². The summed E-state index contributed by atoms with van der Waals surface area (Å²) in [5.74, 6) is 2.92. The highest BCUT2D eigenvalue weighted by Crippen LogP contribution is 2.39. The first kappa shape index (κ1) is 14.1. The lowest BCUT2D eigenvalue weighted by Crippen LogP contribution is -2.50. The van der Waals surface area contributed by atoms with Gasteiger partial charge in [0.1, 0.15) is 5.82 Å². The molecule has 1 aliphatic carbocycles. The van der Waals surface area contributed by atoms with Gasteiger partial charge in [-0.25, -0.2) is 4.98 Å². The van der Waals surface area contributed by atoms with Gasteiger partial charge in [0.25, 0.3) is 0 Å². The Labute approximate surface area is 141 Å². The normalized spacial score (nSPS) is 20.4. The number of pyridine rings is 1. The van der Waals surface area contributed by atoms with Crippen LogP contribution < -0.4 is 14.4 Å². The Kier molecular flexibility index (Phi) is 3.33. The Morgan fingerprint density at radius 2 is 1.62 bits per heavy atom. The van der Waals surface area contributed by atoms with E-state index in [4.69, 9.17) is 9.47 Å². The van der Waals surface area contributed by atoms with E-state index in [1.807, 2.05) is 12.3 Å². The highest BCUT2D eigenvalue weighted by molar-refractivity contribution is 5.51. The quantitative estimate of drug-likeness (QED) is 0.846. The predicted octanol–water partition coefficient (Wildman–Crippen LogP) is 2.10. The summed E-state index contributed by atoms with van der Waals surface area (Å²) in [7, 11) is 0. The van der Waals surface area contributed by atoms with Crippen molar-refractivity contribution in [2.24, 2.45) is 0 Å². The fraction of sp³-hybridized carbons (Fsp3) is 0.421. The maximum absolute atomic E-state index is 5.52. The van der Waals surface area contributed by atoms with Crippen LogP contribution in [0, 0.1) is 0 Å². The van der Waals surface area contributed by atoms with E-state index in [2.05, 4.69) is 39.0 Å². The zero-order valence-electron chi connectivity index (χ0n) is 13.6. The topological polar surface area (TPSA) is 37.8 Å². The summed E-state index contributed by atoms with van der Waals surface area (Å²) in [5, 5.41) is 0. The molecule has 0 radical (unpaired) electrons. The number of rotatable bonds is 2. The average molecular weight is 323 g/mol. The SMILES string of the molecule is c1ccc(N2CCN(C3Cc4cc5c(cc4C3)OCO5)CC2)nc1. The molecule has 124 valence electrons. The minimum atomic E-state index is 0.358. The summed E-state index contributed by atoms with van der Waals surface area (Å²) in [5.41, 5.74) is 2.85. The first-order valence-electron chi connectivity index (χ1n) is 8.68. The number of piperazine rings is 1. The summed E-state index contributed by atoms with van der Waals surface area (Å²) in [6.45, 7) is 4.65. The summed E-state index contributed by atoms with van der Waals surface area (Å²) in [4.78, 5) is 9.49. The van der Waals surface area contributed by atoms with Crippen molar-refractivity contribution in [1.82, 2.24) is 9.88 Å².